The van der Waals surface area contributed by atoms with Gasteiger partial charge >= 0.3 is 0 Å². The van der Waals surface area contributed by atoms with E-state index in [1.807, 2.05) is 146 Å². The Labute approximate surface area is 297 Å². The van der Waals surface area contributed by atoms with E-state index in [1.165, 1.54) is 0 Å². The van der Waals surface area contributed by atoms with E-state index >= 15 is 0 Å². The number of ether oxygens (including phenoxy) is 5. The van der Waals surface area contributed by atoms with Crippen LogP contribution >= 0.6 is 15.9 Å². The first kappa shape index (κ1) is 34.9. The van der Waals surface area contributed by atoms with E-state index in [2.05, 4.69) is 15.9 Å². The molecule has 0 aliphatic carbocycles. The van der Waals surface area contributed by atoms with Crippen molar-refractivity contribution < 1.29 is 28.5 Å². The van der Waals surface area contributed by atoms with Gasteiger partial charge in [-0.25, -0.2) is 0 Å². The summed E-state index contributed by atoms with van der Waals surface area (Å²) in [4.78, 5) is 14.5. The van der Waals surface area contributed by atoms with Gasteiger partial charge in [-0.2, -0.15) is 0 Å². The highest BCUT2D eigenvalue weighted by atomic mass is 79.9. The number of carbonyl (C=O) groups is 1. The third-order valence-corrected chi connectivity index (χ3v) is 9.09. The number of hydrogen-bond donors (Lipinski definition) is 0. The molecule has 5 aromatic rings. The van der Waals surface area contributed by atoms with Gasteiger partial charge in [-0.05, 0) is 52.9 Å². The Morgan fingerprint density at radius 1 is 0.592 bits per heavy atom. The molecule has 49 heavy (non-hydrogen) atoms. The zero-order chi connectivity index (χ0) is 33.8. The van der Waals surface area contributed by atoms with Gasteiger partial charge in [0.05, 0.1) is 33.0 Å². The van der Waals surface area contributed by atoms with E-state index in [0.29, 0.717) is 25.4 Å². The van der Waals surface area contributed by atoms with Crippen molar-refractivity contribution in [2.24, 2.45) is 0 Å². The minimum absolute atomic E-state index is 0.175. The van der Waals surface area contributed by atoms with Crippen molar-refractivity contribution in [1.82, 2.24) is 0 Å². The lowest BCUT2D eigenvalue weighted by molar-refractivity contribution is -0.261. The molecule has 1 fully saturated rings. The molecular weight excluding hydrogens is 680 g/mol. The summed E-state index contributed by atoms with van der Waals surface area (Å²) in [5, 5.41) is 0. The van der Waals surface area contributed by atoms with Crippen LogP contribution in [-0.2, 0) is 50.1 Å². The van der Waals surface area contributed by atoms with Gasteiger partial charge in [0, 0.05) is 10.0 Å². The third kappa shape index (κ3) is 9.61. The molecule has 6 rings (SSSR count). The molecule has 0 spiro atoms. The quantitative estimate of drug-likeness (QED) is 0.101. The lowest BCUT2D eigenvalue weighted by atomic mass is 9.89. The van der Waals surface area contributed by atoms with Gasteiger partial charge in [0.1, 0.15) is 30.5 Å². The molecule has 6 nitrogen and oxygen atoms in total. The molecule has 0 amide bonds. The Balaban J connectivity index is 1.36. The number of carbonyl (C=O) groups excluding carboxylic acids is 1. The molecule has 7 heteroatoms. The van der Waals surface area contributed by atoms with Crippen LogP contribution in [0.3, 0.4) is 0 Å². The average Bonchev–Trinajstić information content (AvgIpc) is 3.14. The highest BCUT2D eigenvalue weighted by Gasteiger charge is 2.51. The van der Waals surface area contributed by atoms with Crippen molar-refractivity contribution in [2.45, 2.75) is 63.9 Å². The summed E-state index contributed by atoms with van der Waals surface area (Å²) in [6, 6.07) is 45.5. The van der Waals surface area contributed by atoms with Crippen LogP contribution in [0.5, 0.6) is 0 Å². The molecule has 1 aliphatic rings. The molecule has 0 aromatic heterocycles. The lowest BCUT2D eigenvalue weighted by Gasteiger charge is -2.45. The summed E-state index contributed by atoms with van der Waals surface area (Å²) in [7, 11) is 0. The molecule has 252 valence electrons. The van der Waals surface area contributed by atoms with Crippen molar-refractivity contribution in [2.75, 3.05) is 6.61 Å². The number of rotatable bonds is 15. The summed E-state index contributed by atoms with van der Waals surface area (Å²) < 4.78 is 34.2. The van der Waals surface area contributed by atoms with Crippen LogP contribution in [0.25, 0.3) is 0 Å². The monoisotopic (exact) mass is 720 g/mol. The predicted molar refractivity (Wildman–Crippen MR) is 193 cm³/mol. The van der Waals surface area contributed by atoms with Crippen LogP contribution in [0.1, 0.15) is 38.2 Å². The molecule has 0 saturated carbocycles. The van der Waals surface area contributed by atoms with Crippen molar-refractivity contribution >= 4 is 21.7 Å². The second-order valence-electron chi connectivity index (χ2n) is 12.2. The zero-order valence-electron chi connectivity index (χ0n) is 27.5. The number of benzene rings is 5. The van der Waals surface area contributed by atoms with E-state index in [4.69, 9.17) is 23.7 Å². The van der Waals surface area contributed by atoms with Crippen molar-refractivity contribution in [3.63, 3.8) is 0 Å². The van der Waals surface area contributed by atoms with Crippen molar-refractivity contribution in [3.8, 4) is 0 Å². The molecule has 0 unspecified atom stereocenters. The van der Waals surface area contributed by atoms with E-state index in [9.17, 15) is 4.79 Å². The topological polar surface area (TPSA) is 63.2 Å². The summed E-state index contributed by atoms with van der Waals surface area (Å²) in [6.07, 6.45) is -3.68. The van der Waals surface area contributed by atoms with Gasteiger partial charge < -0.3 is 23.7 Å². The first-order chi connectivity index (χ1) is 24.0. The van der Waals surface area contributed by atoms with Crippen LogP contribution in [-0.4, -0.2) is 42.9 Å². The Morgan fingerprint density at radius 2 is 1.04 bits per heavy atom. The Bertz CT molecular complexity index is 1740. The maximum atomic E-state index is 14.5. The molecule has 0 N–H and O–H groups in total. The van der Waals surface area contributed by atoms with E-state index in [0.717, 1.165) is 32.3 Å². The maximum absolute atomic E-state index is 14.5. The normalized spacial score (nSPS) is 20.6. The number of aryl methyl sites for hydroxylation is 1. The van der Waals surface area contributed by atoms with E-state index < -0.39 is 30.5 Å². The van der Waals surface area contributed by atoms with Crippen LogP contribution in [0.2, 0.25) is 0 Å². The highest BCUT2D eigenvalue weighted by Crippen LogP contribution is 2.33. The first-order valence-corrected chi connectivity index (χ1v) is 17.4. The molecule has 1 heterocycles. The number of Topliss-reactive ketones (excluding diaryl/α,β-unsaturated/α-hetero) is 1. The number of hydrogen-bond acceptors (Lipinski definition) is 6. The summed E-state index contributed by atoms with van der Waals surface area (Å²) in [6.45, 7) is 3.40. The summed E-state index contributed by atoms with van der Waals surface area (Å²) in [5.41, 5.74) is 5.44. The van der Waals surface area contributed by atoms with Gasteiger partial charge in [-0.1, -0.05) is 137 Å². The Kier molecular flexibility index (Phi) is 12.6. The van der Waals surface area contributed by atoms with Gasteiger partial charge in [0.2, 0.25) is 0 Å². The van der Waals surface area contributed by atoms with Gasteiger partial charge in [0.15, 0.2) is 5.78 Å². The molecule has 0 radical (unpaired) electrons. The fourth-order valence-electron chi connectivity index (χ4n) is 6.06. The zero-order valence-corrected chi connectivity index (χ0v) is 29.1. The van der Waals surface area contributed by atoms with Gasteiger partial charge in [0.25, 0.3) is 0 Å². The second-order valence-corrected chi connectivity index (χ2v) is 13.1. The Hall–Kier alpha value is -3.95. The van der Waals surface area contributed by atoms with Gasteiger partial charge in [-0.3, -0.25) is 4.79 Å². The SMILES string of the molecule is Cc1cc(Br)ccc1C(=O)[C@H]1O[C@H](COCc2ccccc2)[C@@H](OCc2ccccc2)[C@H](OCc2ccccc2)[C@@H]1OCc1ccccc1. The van der Waals surface area contributed by atoms with Crippen LogP contribution in [0.4, 0.5) is 0 Å². The number of ketones is 1. The van der Waals surface area contributed by atoms with E-state index in [1.54, 1.807) is 0 Å². The summed E-state index contributed by atoms with van der Waals surface area (Å²) in [5.74, 6) is -0.175. The third-order valence-electron chi connectivity index (χ3n) is 8.60. The highest BCUT2D eigenvalue weighted by molar-refractivity contribution is 9.10. The predicted octanol–water partition coefficient (Wildman–Crippen LogP) is 8.68. The minimum Gasteiger partial charge on any atom is -0.374 e. The smallest absolute Gasteiger partial charge is 0.194 e. The average molecular weight is 722 g/mol. The lowest BCUT2D eigenvalue weighted by Crippen LogP contribution is -2.63. The van der Waals surface area contributed by atoms with Crippen molar-refractivity contribution in [3.05, 3.63) is 177 Å². The maximum Gasteiger partial charge on any atom is 0.194 e. The molecule has 1 saturated heterocycles. The Morgan fingerprint density at radius 3 is 1.53 bits per heavy atom. The molecule has 1 aliphatic heterocycles. The molecule has 5 aromatic carbocycles. The molecule has 0 bridgehead atoms. The fourth-order valence-corrected chi connectivity index (χ4v) is 6.53. The standard InChI is InChI=1S/C42H41BrO6/c1-30-24-35(43)22-23-36(30)38(44)40-42(48-28-34-20-12-5-13-21-34)41(47-27-33-18-10-4-11-19-33)39(46-26-32-16-8-3-9-17-32)37(49-40)29-45-25-31-14-6-2-7-15-31/h2-24,37,39-42H,25-29H2,1H3/t37-,39-,40-,41+,42-/m1/s1. The van der Waals surface area contributed by atoms with Crippen LogP contribution in [0.15, 0.2) is 144 Å². The van der Waals surface area contributed by atoms with Crippen LogP contribution in [0, 0.1) is 6.92 Å². The second kappa shape index (κ2) is 17.6. The number of halogens is 1. The van der Waals surface area contributed by atoms with Gasteiger partial charge in [-0.15, -0.1) is 0 Å². The first-order valence-electron chi connectivity index (χ1n) is 16.6. The van der Waals surface area contributed by atoms with Crippen molar-refractivity contribution in [1.29, 1.82) is 0 Å². The summed E-state index contributed by atoms with van der Waals surface area (Å²) >= 11 is 3.54. The van der Waals surface area contributed by atoms with E-state index in [-0.39, 0.29) is 19.0 Å². The van der Waals surface area contributed by atoms with Crippen LogP contribution < -0.4 is 0 Å². The largest absolute Gasteiger partial charge is 0.374 e. The molecule has 5 atom stereocenters. The minimum atomic E-state index is -0.980. The molecular formula is C42H41BrO6. The fraction of sp³-hybridized carbons (Fsp3) is 0.262.